The van der Waals surface area contributed by atoms with E-state index in [1.807, 2.05) is 0 Å². The van der Waals surface area contributed by atoms with Crippen molar-refractivity contribution in [1.29, 1.82) is 0 Å². The third-order valence-electron chi connectivity index (χ3n) is 4.39. The van der Waals surface area contributed by atoms with Crippen LogP contribution in [-0.2, 0) is 0 Å². The van der Waals surface area contributed by atoms with Crippen molar-refractivity contribution in [3.8, 4) is 0 Å². The second kappa shape index (κ2) is 4.50. The Morgan fingerprint density at radius 3 is 0.952 bits per heavy atom. The maximum Gasteiger partial charge on any atom is 0 e. The summed E-state index contributed by atoms with van der Waals surface area (Å²) in [5.74, 6) is 0. The van der Waals surface area contributed by atoms with Gasteiger partial charge in [-0.05, 0) is 43.1 Å². The van der Waals surface area contributed by atoms with E-state index >= 15 is 0 Å². The molecule has 0 spiro atoms. The summed E-state index contributed by atoms with van der Waals surface area (Å²) >= 11 is 0. The molecule has 0 bridgehead atoms. The fraction of sp³-hybridized carbons (Fsp3) is 0. The Balaban J connectivity index is 0.00000115. The van der Waals surface area contributed by atoms with Crippen molar-refractivity contribution in [1.82, 2.24) is 0 Å². The van der Waals surface area contributed by atoms with Gasteiger partial charge in [0.2, 0.25) is 0 Å². The zero-order chi connectivity index (χ0) is 13.1. The molecule has 0 amide bonds. The van der Waals surface area contributed by atoms with Crippen LogP contribution in [0.3, 0.4) is 0 Å². The quantitative estimate of drug-likeness (QED) is 0.199. The zero-order valence-corrected chi connectivity index (χ0v) is 11.9. The molecule has 1 radical (unpaired) electrons. The summed E-state index contributed by atoms with van der Waals surface area (Å²) in [6, 6.07) is 26.4. The molecule has 5 rings (SSSR count). The smallest absolute Gasteiger partial charge is 0 e. The summed E-state index contributed by atoms with van der Waals surface area (Å²) in [5, 5.41) is 10.9. The van der Waals surface area contributed by atoms with Gasteiger partial charge in [0.15, 0.2) is 0 Å². The Labute approximate surface area is 134 Å². The number of fused-ring (bicyclic) bond motifs is 2. The zero-order valence-electron chi connectivity index (χ0n) is 11.9. The summed E-state index contributed by atoms with van der Waals surface area (Å²) in [5.41, 5.74) is 0. The van der Waals surface area contributed by atoms with E-state index in [-0.39, 0.29) is 18.9 Å². The van der Waals surface area contributed by atoms with Gasteiger partial charge in [0, 0.05) is 18.9 Å². The largest absolute Gasteiger partial charge is 0.0610 e. The van der Waals surface area contributed by atoms with Gasteiger partial charge >= 0.3 is 0 Å². The third kappa shape index (κ3) is 1.58. The van der Waals surface area contributed by atoms with E-state index in [2.05, 4.69) is 72.8 Å². The molecular formula is C20H12Li. The summed E-state index contributed by atoms with van der Waals surface area (Å²) in [6.07, 6.45) is 0. The Bertz CT molecular complexity index is 923. The SMILES string of the molecule is [Li].c1cc2cccc3c4cccc5cccc(c(c1)c23)c54. The summed E-state index contributed by atoms with van der Waals surface area (Å²) in [7, 11) is 0. The number of hydrogen-bond acceptors (Lipinski definition) is 0. The van der Waals surface area contributed by atoms with Crippen molar-refractivity contribution >= 4 is 62.0 Å². The molecule has 0 aliphatic rings. The van der Waals surface area contributed by atoms with Gasteiger partial charge in [0.25, 0.3) is 0 Å². The number of rotatable bonds is 0. The minimum Gasteiger partial charge on any atom is -0.0610 e. The van der Waals surface area contributed by atoms with Crippen LogP contribution < -0.4 is 0 Å². The van der Waals surface area contributed by atoms with Gasteiger partial charge in [-0.25, -0.2) is 0 Å². The van der Waals surface area contributed by atoms with E-state index < -0.39 is 0 Å². The predicted octanol–water partition coefficient (Wildman–Crippen LogP) is 5.36. The summed E-state index contributed by atoms with van der Waals surface area (Å²) in [4.78, 5) is 0. The molecule has 1 heteroatoms. The third-order valence-corrected chi connectivity index (χ3v) is 4.39. The standard InChI is InChI=1S/C20H12.Li/c1-5-13-6-2-11-17-18-12-4-8-14-7-3-10-16(20(14)18)15(9-1)19(13)17;/h1-12H;. The Morgan fingerprint density at radius 1 is 0.381 bits per heavy atom. The first-order chi connectivity index (χ1) is 9.93. The van der Waals surface area contributed by atoms with Crippen LogP contribution in [0, 0.1) is 0 Å². The van der Waals surface area contributed by atoms with Gasteiger partial charge in [-0.1, -0.05) is 72.8 Å². The molecule has 0 unspecified atom stereocenters. The van der Waals surface area contributed by atoms with Crippen LogP contribution >= 0.6 is 0 Å². The van der Waals surface area contributed by atoms with Gasteiger partial charge in [0.1, 0.15) is 0 Å². The Hall–Kier alpha value is -2.00. The molecule has 0 heterocycles. The molecule has 0 saturated heterocycles. The minimum absolute atomic E-state index is 0. The van der Waals surface area contributed by atoms with Crippen molar-refractivity contribution in [2.24, 2.45) is 0 Å². The monoisotopic (exact) mass is 259 g/mol. The molecule has 0 atom stereocenters. The molecule has 93 valence electrons. The van der Waals surface area contributed by atoms with Crippen molar-refractivity contribution in [2.75, 3.05) is 0 Å². The van der Waals surface area contributed by atoms with Crippen LogP contribution in [0.15, 0.2) is 72.8 Å². The average Bonchev–Trinajstić information content (AvgIpc) is 2.52. The van der Waals surface area contributed by atoms with Gasteiger partial charge in [-0.3, -0.25) is 0 Å². The number of hydrogen-bond donors (Lipinski definition) is 0. The van der Waals surface area contributed by atoms with E-state index in [0.717, 1.165) is 0 Å². The molecule has 0 saturated carbocycles. The Kier molecular flexibility index (Phi) is 2.72. The van der Waals surface area contributed by atoms with Crippen LogP contribution in [0.1, 0.15) is 0 Å². The van der Waals surface area contributed by atoms with E-state index in [1.54, 1.807) is 0 Å². The van der Waals surface area contributed by atoms with Crippen molar-refractivity contribution in [3.63, 3.8) is 0 Å². The van der Waals surface area contributed by atoms with E-state index in [4.69, 9.17) is 0 Å². The maximum atomic E-state index is 2.25. The van der Waals surface area contributed by atoms with Crippen molar-refractivity contribution < 1.29 is 0 Å². The number of benzene rings is 5. The van der Waals surface area contributed by atoms with Gasteiger partial charge in [-0.15, -0.1) is 0 Å². The van der Waals surface area contributed by atoms with Crippen LogP contribution in [0.2, 0.25) is 0 Å². The van der Waals surface area contributed by atoms with Crippen LogP contribution in [0.4, 0.5) is 0 Å². The van der Waals surface area contributed by atoms with Crippen LogP contribution in [0.5, 0.6) is 0 Å². The van der Waals surface area contributed by atoms with Gasteiger partial charge in [0.05, 0.1) is 0 Å². The fourth-order valence-corrected chi connectivity index (χ4v) is 3.58. The fourth-order valence-electron chi connectivity index (χ4n) is 3.58. The first-order valence-electron chi connectivity index (χ1n) is 6.98. The molecule has 5 aromatic carbocycles. The second-order valence-electron chi connectivity index (χ2n) is 5.42. The minimum atomic E-state index is 0. The molecule has 5 aromatic rings. The molecule has 21 heavy (non-hydrogen) atoms. The molecule has 0 aromatic heterocycles. The first kappa shape index (κ1) is 12.7. The van der Waals surface area contributed by atoms with E-state index in [9.17, 15) is 0 Å². The van der Waals surface area contributed by atoms with E-state index in [1.165, 1.54) is 43.1 Å². The van der Waals surface area contributed by atoms with E-state index in [0.29, 0.717) is 0 Å². The molecule has 0 nitrogen and oxygen atoms in total. The van der Waals surface area contributed by atoms with Crippen LogP contribution in [0.25, 0.3) is 43.1 Å². The summed E-state index contributed by atoms with van der Waals surface area (Å²) < 4.78 is 0. The molecule has 0 aliphatic carbocycles. The molecular weight excluding hydrogens is 247 g/mol. The van der Waals surface area contributed by atoms with Gasteiger partial charge < -0.3 is 0 Å². The molecule has 0 aliphatic heterocycles. The first-order valence-corrected chi connectivity index (χ1v) is 6.98. The average molecular weight is 259 g/mol. The predicted molar refractivity (Wildman–Crippen MR) is 93.4 cm³/mol. The Morgan fingerprint density at radius 2 is 0.667 bits per heavy atom. The normalized spacial score (nSPS) is 11.4. The second-order valence-corrected chi connectivity index (χ2v) is 5.42. The topological polar surface area (TPSA) is 0 Å². The molecule has 0 N–H and O–H groups in total. The van der Waals surface area contributed by atoms with Crippen LogP contribution in [-0.4, -0.2) is 18.9 Å². The maximum absolute atomic E-state index is 2.25. The summed E-state index contributed by atoms with van der Waals surface area (Å²) in [6.45, 7) is 0. The van der Waals surface area contributed by atoms with Gasteiger partial charge in [-0.2, -0.15) is 0 Å². The molecule has 0 fully saturated rings. The van der Waals surface area contributed by atoms with Crippen molar-refractivity contribution in [3.05, 3.63) is 72.8 Å². The van der Waals surface area contributed by atoms with Crippen molar-refractivity contribution in [2.45, 2.75) is 0 Å².